The average Bonchev–Trinajstić information content (AvgIpc) is 2.85. The summed E-state index contributed by atoms with van der Waals surface area (Å²) in [6.07, 6.45) is 0. The van der Waals surface area contributed by atoms with Crippen molar-refractivity contribution >= 4 is 39.1 Å². The second-order valence-electron chi connectivity index (χ2n) is 10.2. The minimum absolute atomic E-state index is 0.0786. The number of anilines is 1. The number of nitrogens with zero attached hydrogens (tertiary/aromatic N) is 2. The van der Waals surface area contributed by atoms with Crippen LogP contribution in [0.2, 0.25) is 5.02 Å². The second kappa shape index (κ2) is 12.7. The molecule has 0 saturated carbocycles. The minimum Gasteiger partial charge on any atom is -0.352 e. The van der Waals surface area contributed by atoms with Crippen molar-refractivity contribution in [1.82, 2.24) is 10.2 Å². The average molecular weight is 570 g/mol. The molecule has 9 heteroatoms. The number of nitrogens with one attached hydrogen (secondary N) is 1. The first-order valence-corrected chi connectivity index (χ1v) is 14.6. The van der Waals surface area contributed by atoms with Crippen molar-refractivity contribution in [3.05, 3.63) is 94.0 Å². The van der Waals surface area contributed by atoms with E-state index in [0.29, 0.717) is 10.7 Å². The molecule has 0 radical (unpaired) electrons. The van der Waals surface area contributed by atoms with E-state index in [9.17, 15) is 18.0 Å². The van der Waals surface area contributed by atoms with Gasteiger partial charge in [0.2, 0.25) is 11.8 Å². The molecule has 0 aliphatic heterocycles. The Kier molecular flexibility index (Phi) is 9.80. The van der Waals surface area contributed by atoms with Gasteiger partial charge in [-0.3, -0.25) is 13.9 Å². The molecule has 0 aromatic heterocycles. The quantitative estimate of drug-likeness (QED) is 0.354. The fourth-order valence-electron chi connectivity index (χ4n) is 4.24. The Morgan fingerprint density at radius 1 is 0.846 bits per heavy atom. The summed E-state index contributed by atoms with van der Waals surface area (Å²) in [6, 6.07) is 17.9. The number of sulfonamides is 1. The predicted octanol–water partition coefficient (Wildman–Crippen LogP) is 5.40. The van der Waals surface area contributed by atoms with Gasteiger partial charge >= 0.3 is 0 Å². The molecule has 3 aromatic carbocycles. The molecule has 0 spiro atoms. The maximum absolute atomic E-state index is 13.9. The summed E-state index contributed by atoms with van der Waals surface area (Å²) in [7, 11) is -4.11. The number of benzene rings is 3. The van der Waals surface area contributed by atoms with Gasteiger partial charge in [-0.1, -0.05) is 47.5 Å². The van der Waals surface area contributed by atoms with Gasteiger partial charge in [0.1, 0.15) is 12.6 Å². The van der Waals surface area contributed by atoms with Crippen LogP contribution in [-0.4, -0.2) is 43.8 Å². The molecule has 3 rings (SSSR count). The lowest BCUT2D eigenvalue weighted by atomic mass is 10.1. The Hall–Kier alpha value is -3.36. The highest BCUT2D eigenvalue weighted by atomic mass is 35.5. The van der Waals surface area contributed by atoms with Gasteiger partial charge in [-0.15, -0.1) is 0 Å². The SMILES string of the molecule is Cc1ccc(S(=O)(=O)N(CC(=O)N(Cc2ccc(Cl)cc2)C(C)C(=O)NC(C)C)c2cc(C)cc(C)c2)cc1. The summed E-state index contributed by atoms with van der Waals surface area (Å²) in [5.41, 5.74) is 3.79. The van der Waals surface area contributed by atoms with Crippen molar-refractivity contribution in [2.75, 3.05) is 10.8 Å². The number of rotatable bonds is 10. The zero-order valence-corrected chi connectivity index (χ0v) is 24.8. The van der Waals surface area contributed by atoms with Crippen LogP contribution in [-0.2, 0) is 26.2 Å². The van der Waals surface area contributed by atoms with Gasteiger partial charge in [0.25, 0.3) is 10.0 Å². The van der Waals surface area contributed by atoms with Crippen LogP contribution < -0.4 is 9.62 Å². The number of amides is 2. The van der Waals surface area contributed by atoms with E-state index in [1.807, 2.05) is 40.7 Å². The van der Waals surface area contributed by atoms with Crippen molar-refractivity contribution in [1.29, 1.82) is 0 Å². The molecule has 0 saturated heterocycles. The Balaban J connectivity index is 2.06. The molecular weight excluding hydrogens is 534 g/mol. The molecule has 0 heterocycles. The van der Waals surface area contributed by atoms with Crippen LogP contribution in [0.5, 0.6) is 0 Å². The summed E-state index contributed by atoms with van der Waals surface area (Å²) in [4.78, 5) is 28.4. The normalized spacial score (nSPS) is 12.2. The molecule has 3 aromatic rings. The van der Waals surface area contributed by atoms with Crippen molar-refractivity contribution in [3.63, 3.8) is 0 Å². The standard InChI is InChI=1S/C30H36ClN3O4S/c1-20(2)32-30(36)24(6)33(18-25-9-11-26(31)12-10-25)29(35)19-34(27-16-22(4)15-23(5)17-27)39(37,38)28-13-7-21(3)8-14-28/h7-17,20,24H,18-19H2,1-6H3,(H,32,36). The molecule has 0 bridgehead atoms. The molecule has 0 fully saturated rings. The van der Waals surface area contributed by atoms with E-state index in [2.05, 4.69) is 5.32 Å². The molecule has 39 heavy (non-hydrogen) atoms. The van der Waals surface area contributed by atoms with Gasteiger partial charge in [-0.25, -0.2) is 8.42 Å². The van der Waals surface area contributed by atoms with E-state index in [1.165, 1.54) is 17.0 Å². The zero-order valence-electron chi connectivity index (χ0n) is 23.2. The van der Waals surface area contributed by atoms with Crippen LogP contribution >= 0.6 is 11.6 Å². The maximum Gasteiger partial charge on any atom is 0.264 e. The number of carbonyl (C=O) groups is 2. The Bertz CT molecular complexity index is 1400. The summed E-state index contributed by atoms with van der Waals surface area (Å²) in [6.45, 7) is 10.6. The largest absolute Gasteiger partial charge is 0.352 e. The van der Waals surface area contributed by atoms with E-state index in [-0.39, 0.29) is 23.4 Å². The summed E-state index contributed by atoms with van der Waals surface area (Å²) in [5, 5.41) is 3.40. The summed E-state index contributed by atoms with van der Waals surface area (Å²) >= 11 is 6.04. The number of carbonyl (C=O) groups excluding carboxylic acids is 2. The zero-order chi connectivity index (χ0) is 28.9. The predicted molar refractivity (Wildman–Crippen MR) is 156 cm³/mol. The monoisotopic (exact) mass is 569 g/mol. The summed E-state index contributed by atoms with van der Waals surface area (Å²) in [5.74, 6) is -0.835. The Morgan fingerprint density at radius 3 is 1.95 bits per heavy atom. The third-order valence-corrected chi connectivity index (χ3v) is 8.29. The lowest BCUT2D eigenvalue weighted by molar-refractivity contribution is -0.139. The highest BCUT2D eigenvalue weighted by molar-refractivity contribution is 7.92. The third-order valence-electron chi connectivity index (χ3n) is 6.25. The molecule has 1 atom stereocenters. The molecule has 0 aliphatic rings. The van der Waals surface area contributed by atoms with Crippen LogP contribution in [0.1, 0.15) is 43.0 Å². The number of aryl methyl sites for hydroxylation is 3. The number of halogens is 1. The minimum atomic E-state index is -4.11. The highest BCUT2D eigenvalue weighted by Gasteiger charge is 2.32. The molecular formula is C30H36ClN3O4S. The van der Waals surface area contributed by atoms with Crippen molar-refractivity contribution < 1.29 is 18.0 Å². The Labute approximate surface area is 236 Å². The lowest BCUT2D eigenvalue weighted by Crippen LogP contribution is -2.52. The molecule has 2 amide bonds. The van der Waals surface area contributed by atoms with Gasteiger partial charge in [0.05, 0.1) is 10.6 Å². The topological polar surface area (TPSA) is 86.8 Å². The van der Waals surface area contributed by atoms with Crippen LogP contribution in [0.15, 0.2) is 71.6 Å². The first-order chi connectivity index (χ1) is 18.3. The molecule has 208 valence electrons. The van der Waals surface area contributed by atoms with Crippen LogP contribution in [0.4, 0.5) is 5.69 Å². The number of hydrogen-bond donors (Lipinski definition) is 1. The van der Waals surface area contributed by atoms with E-state index in [4.69, 9.17) is 11.6 Å². The van der Waals surface area contributed by atoms with E-state index < -0.39 is 28.5 Å². The first-order valence-electron chi connectivity index (χ1n) is 12.8. The van der Waals surface area contributed by atoms with Gasteiger partial charge in [0, 0.05) is 17.6 Å². The van der Waals surface area contributed by atoms with Crippen molar-refractivity contribution in [2.24, 2.45) is 0 Å². The molecule has 7 nitrogen and oxygen atoms in total. The maximum atomic E-state index is 13.9. The van der Waals surface area contributed by atoms with Gasteiger partial charge in [-0.05, 0) is 94.6 Å². The van der Waals surface area contributed by atoms with Crippen molar-refractivity contribution in [3.8, 4) is 0 Å². The smallest absolute Gasteiger partial charge is 0.264 e. The van der Waals surface area contributed by atoms with Gasteiger partial charge in [0.15, 0.2) is 0 Å². The van der Waals surface area contributed by atoms with E-state index in [0.717, 1.165) is 26.6 Å². The number of hydrogen-bond acceptors (Lipinski definition) is 4. The van der Waals surface area contributed by atoms with Crippen LogP contribution in [0.3, 0.4) is 0 Å². The fourth-order valence-corrected chi connectivity index (χ4v) is 5.76. The van der Waals surface area contributed by atoms with Gasteiger partial charge < -0.3 is 10.2 Å². The molecule has 0 aliphatic carbocycles. The Morgan fingerprint density at radius 2 is 1.41 bits per heavy atom. The van der Waals surface area contributed by atoms with Gasteiger partial charge in [-0.2, -0.15) is 0 Å². The van der Waals surface area contributed by atoms with Crippen LogP contribution in [0.25, 0.3) is 0 Å². The molecule has 1 N–H and O–H groups in total. The van der Waals surface area contributed by atoms with E-state index in [1.54, 1.807) is 55.5 Å². The first kappa shape index (κ1) is 30.2. The third kappa shape index (κ3) is 7.83. The highest BCUT2D eigenvalue weighted by Crippen LogP contribution is 2.27. The van der Waals surface area contributed by atoms with Crippen LogP contribution in [0, 0.1) is 20.8 Å². The summed E-state index contributed by atoms with van der Waals surface area (Å²) < 4.78 is 29.0. The van der Waals surface area contributed by atoms with Crippen molar-refractivity contribution in [2.45, 2.75) is 65.1 Å². The lowest BCUT2D eigenvalue weighted by Gasteiger charge is -2.32. The van der Waals surface area contributed by atoms with E-state index >= 15 is 0 Å². The second-order valence-corrected chi connectivity index (χ2v) is 12.5. The fraction of sp³-hybridized carbons (Fsp3) is 0.333. The molecule has 1 unspecified atom stereocenters.